The van der Waals surface area contributed by atoms with E-state index in [0.717, 1.165) is 6.61 Å². The van der Waals surface area contributed by atoms with Crippen molar-refractivity contribution in [2.24, 2.45) is 0 Å². The fourth-order valence-corrected chi connectivity index (χ4v) is 3.41. The smallest absolute Gasteiger partial charge is 0.187 e. The molecule has 0 aliphatic rings. The lowest BCUT2D eigenvalue weighted by molar-refractivity contribution is 0.339. The number of alkyl halides is 1. The SMILES string of the molecule is CCCC[Si](C)(C)OC/C(C)=C/CCl. The molecule has 0 saturated carbocycles. The highest BCUT2D eigenvalue weighted by Crippen LogP contribution is 2.16. The van der Waals surface area contributed by atoms with Crippen LogP contribution >= 0.6 is 11.6 Å². The number of unbranched alkanes of at least 4 members (excludes halogenated alkanes) is 1. The molecule has 0 radical (unpaired) electrons. The molecule has 0 aliphatic heterocycles. The monoisotopic (exact) mass is 234 g/mol. The second-order valence-corrected chi connectivity index (χ2v) is 8.97. The lowest BCUT2D eigenvalue weighted by atomic mass is 10.3. The van der Waals surface area contributed by atoms with Gasteiger partial charge in [0.15, 0.2) is 8.32 Å². The summed E-state index contributed by atoms with van der Waals surface area (Å²) in [5.41, 5.74) is 1.25. The highest BCUT2D eigenvalue weighted by Gasteiger charge is 2.21. The van der Waals surface area contributed by atoms with Gasteiger partial charge in [-0.15, -0.1) is 11.6 Å². The van der Waals surface area contributed by atoms with Crippen LogP contribution in [0.3, 0.4) is 0 Å². The first-order valence-electron chi connectivity index (χ1n) is 5.37. The molecule has 0 atom stereocenters. The van der Waals surface area contributed by atoms with Crippen LogP contribution in [0.2, 0.25) is 19.1 Å². The first-order valence-corrected chi connectivity index (χ1v) is 9.02. The average molecular weight is 235 g/mol. The van der Waals surface area contributed by atoms with Crippen LogP contribution in [0.15, 0.2) is 11.6 Å². The highest BCUT2D eigenvalue weighted by atomic mass is 35.5. The third kappa shape index (κ3) is 7.60. The quantitative estimate of drug-likeness (QED) is 0.365. The van der Waals surface area contributed by atoms with Crippen LogP contribution in [0, 0.1) is 0 Å². The van der Waals surface area contributed by atoms with Crippen LogP contribution in [-0.4, -0.2) is 20.8 Å². The minimum atomic E-state index is -1.40. The van der Waals surface area contributed by atoms with Crippen LogP contribution in [0.25, 0.3) is 0 Å². The molecule has 3 heteroatoms. The van der Waals surface area contributed by atoms with Gasteiger partial charge >= 0.3 is 0 Å². The number of hydrogen-bond donors (Lipinski definition) is 0. The van der Waals surface area contributed by atoms with Crippen molar-refractivity contribution in [1.82, 2.24) is 0 Å². The minimum absolute atomic E-state index is 0.589. The second-order valence-electron chi connectivity index (χ2n) is 4.36. The van der Waals surface area contributed by atoms with Crippen LogP contribution in [0.1, 0.15) is 26.7 Å². The van der Waals surface area contributed by atoms with Crippen LogP contribution in [0.5, 0.6) is 0 Å². The van der Waals surface area contributed by atoms with Gasteiger partial charge < -0.3 is 4.43 Å². The van der Waals surface area contributed by atoms with Crippen LogP contribution < -0.4 is 0 Å². The van der Waals surface area contributed by atoms with Gasteiger partial charge in [-0.3, -0.25) is 0 Å². The summed E-state index contributed by atoms with van der Waals surface area (Å²) in [6.07, 6.45) is 4.57. The van der Waals surface area contributed by atoms with Crippen LogP contribution in [-0.2, 0) is 4.43 Å². The standard InChI is InChI=1S/C11H23ClOSi/c1-5-6-9-14(3,4)13-10-11(2)7-8-12/h7H,5-6,8-10H2,1-4H3/b11-7+. The molecule has 0 amide bonds. The van der Waals surface area contributed by atoms with E-state index in [2.05, 4.69) is 26.9 Å². The summed E-state index contributed by atoms with van der Waals surface area (Å²) in [6.45, 7) is 9.64. The van der Waals surface area contributed by atoms with Gasteiger partial charge in [0.2, 0.25) is 0 Å². The molecule has 84 valence electrons. The molecule has 0 N–H and O–H groups in total. The molecule has 1 nitrogen and oxygen atoms in total. The van der Waals surface area contributed by atoms with Gasteiger partial charge in [-0.1, -0.05) is 31.4 Å². The fourth-order valence-electron chi connectivity index (χ4n) is 1.17. The summed E-state index contributed by atoms with van der Waals surface area (Å²) in [6, 6.07) is 1.26. The van der Waals surface area contributed by atoms with E-state index in [4.69, 9.17) is 16.0 Å². The summed E-state index contributed by atoms with van der Waals surface area (Å²) in [4.78, 5) is 0. The number of halogens is 1. The molecule has 0 fully saturated rings. The molecular weight excluding hydrogens is 212 g/mol. The van der Waals surface area contributed by atoms with Crippen molar-refractivity contribution in [3.05, 3.63) is 11.6 Å². The van der Waals surface area contributed by atoms with Gasteiger partial charge in [0.25, 0.3) is 0 Å². The van der Waals surface area contributed by atoms with E-state index in [9.17, 15) is 0 Å². The highest BCUT2D eigenvalue weighted by molar-refractivity contribution is 6.71. The molecule has 0 aliphatic carbocycles. The zero-order chi connectivity index (χ0) is 11.0. The Labute approximate surface area is 94.6 Å². The van der Waals surface area contributed by atoms with Crippen molar-refractivity contribution >= 4 is 19.9 Å². The Hall–Kier alpha value is 0.207. The van der Waals surface area contributed by atoms with E-state index in [1.165, 1.54) is 24.5 Å². The second kappa shape index (κ2) is 7.49. The number of rotatable bonds is 7. The third-order valence-electron chi connectivity index (χ3n) is 2.25. The fraction of sp³-hybridized carbons (Fsp3) is 0.818. The molecule has 0 rings (SSSR count). The van der Waals surface area contributed by atoms with Crippen molar-refractivity contribution in [3.8, 4) is 0 Å². The van der Waals surface area contributed by atoms with Gasteiger partial charge in [0, 0.05) is 5.88 Å². The van der Waals surface area contributed by atoms with E-state index >= 15 is 0 Å². The minimum Gasteiger partial charge on any atom is -0.413 e. The molecule has 0 spiro atoms. The maximum absolute atomic E-state index is 5.96. The lowest BCUT2D eigenvalue weighted by Crippen LogP contribution is -2.30. The lowest BCUT2D eigenvalue weighted by Gasteiger charge is -2.22. The molecule has 0 unspecified atom stereocenters. The molecule has 0 aromatic carbocycles. The molecule has 0 saturated heterocycles. The summed E-state index contributed by atoms with van der Waals surface area (Å²) >= 11 is 5.61. The average Bonchev–Trinajstić information content (AvgIpc) is 2.13. The Morgan fingerprint density at radius 2 is 2.07 bits per heavy atom. The zero-order valence-electron chi connectivity index (χ0n) is 9.90. The Kier molecular flexibility index (Phi) is 7.60. The van der Waals surface area contributed by atoms with E-state index in [1.807, 2.05) is 6.08 Å². The Balaban J connectivity index is 3.80. The van der Waals surface area contributed by atoms with Gasteiger partial charge in [0.05, 0.1) is 6.61 Å². The first kappa shape index (κ1) is 14.2. The topological polar surface area (TPSA) is 9.23 Å². The van der Waals surface area contributed by atoms with Crippen molar-refractivity contribution in [2.75, 3.05) is 12.5 Å². The summed E-state index contributed by atoms with van der Waals surface area (Å²) in [7, 11) is -1.40. The van der Waals surface area contributed by atoms with Crippen molar-refractivity contribution in [3.63, 3.8) is 0 Å². The van der Waals surface area contributed by atoms with Gasteiger partial charge in [-0.2, -0.15) is 0 Å². The Morgan fingerprint density at radius 3 is 2.57 bits per heavy atom. The maximum atomic E-state index is 5.96. The van der Waals surface area contributed by atoms with Gasteiger partial charge in [0.1, 0.15) is 0 Å². The van der Waals surface area contributed by atoms with E-state index in [-0.39, 0.29) is 0 Å². The summed E-state index contributed by atoms with van der Waals surface area (Å²) < 4.78 is 5.96. The first-order chi connectivity index (χ1) is 6.52. The van der Waals surface area contributed by atoms with Crippen molar-refractivity contribution in [1.29, 1.82) is 0 Å². The van der Waals surface area contributed by atoms with Gasteiger partial charge in [-0.05, 0) is 26.1 Å². The number of hydrogen-bond acceptors (Lipinski definition) is 1. The largest absolute Gasteiger partial charge is 0.413 e. The van der Waals surface area contributed by atoms with E-state index in [1.54, 1.807) is 0 Å². The molecule has 0 aromatic rings. The van der Waals surface area contributed by atoms with Crippen molar-refractivity contribution in [2.45, 2.75) is 45.8 Å². The molecule has 14 heavy (non-hydrogen) atoms. The van der Waals surface area contributed by atoms with E-state index in [0.29, 0.717) is 5.88 Å². The predicted octanol–water partition coefficient (Wildman–Crippen LogP) is 4.19. The third-order valence-corrected chi connectivity index (χ3v) is 4.89. The van der Waals surface area contributed by atoms with Crippen molar-refractivity contribution < 1.29 is 4.43 Å². The maximum Gasteiger partial charge on any atom is 0.187 e. The van der Waals surface area contributed by atoms with E-state index < -0.39 is 8.32 Å². The van der Waals surface area contributed by atoms with Gasteiger partial charge in [-0.25, -0.2) is 0 Å². The Morgan fingerprint density at radius 1 is 1.43 bits per heavy atom. The molecule has 0 aromatic heterocycles. The normalized spacial score (nSPS) is 13.4. The Bertz CT molecular complexity index is 178. The summed E-state index contributed by atoms with van der Waals surface area (Å²) in [5.74, 6) is 0.589. The molecule has 0 heterocycles. The molecular formula is C11H23ClOSi. The predicted molar refractivity (Wildman–Crippen MR) is 67.6 cm³/mol. The zero-order valence-corrected chi connectivity index (χ0v) is 11.7. The summed E-state index contributed by atoms with van der Waals surface area (Å²) in [5, 5.41) is 0. The molecule has 0 bridgehead atoms. The van der Waals surface area contributed by atoms with Crippen LogP contribution in [0.4, 0.5) is 0 Å². The number of allylic oxidation sites excluding steroid dienone is 1.